The quantitative estimate of drug-likeness (QED) is 0.885. The summed E-state index contributed by atoms with van der Waals surface area (Å²) in [5, 5.41) is 2.99. The Bertz CT molecular complexity index is 764. The number of likely N-dealkylation sites (tertiary alicyclic amines) is 1. The Kier molecular flexibility index (Phi) is 6.24. The minimum absolute atomic E-state index is 0.0418. The van der Waals surface area contributed by atoms with Gasteiger partial charge in [-0.05, 0) is 55.8 Å². The molecule has 1 fully saturated rings. The predicted molar refractivity (Wildman–Crippen MR) is 108 cm³/mol. The molecule has 1 aliphatic heterocycles. The first kappa shape index (κ1) is 19.1. The minimum atomic E-state index is -0.0429. The van der Waals surface area contributed by atoms with Gasteiger partial charge in [0.2, 0.25) is 5.91 Å². The van der Waals surface area contributed by atoms with Crippen LogP contribution < -0.4 is 5.32 Å². The number of carbonyl (C=O) groups excluding carboxylic acids is 2. The van der Waals surface area contributed by atoms with Crippen molar-refractivity contribution in [1.29, 1.82) is 0 Å². The molecule has 0 atom stereocenters. The first-order valence-corrected chi connectivity index (χ1v) is 9.42. The third-order valence-corrected chi connectivity index (χ3v) is 5.01. The van der Waals surface area contributed by atoms with Gasteiger partial charge in [0.05, 0.1) is 0 Å². The van der Waals surface area contributed by atoms with Crippen molar-refractivity contribution >= 4 is 17.5 Å². The Morgan fingerprint density at radius 3 is 2.22 bits per heavy atom. The molecule has 27 heavy (non-hydrogen) atoms. The molecule has 0 aromatic heterocycles. The summed E-state index contributed by atoms with van der Waals surface area (Å²) in [5.74, 6) is 0.0693. The number of amides is 2. The van der Waals surface area contributed by atoms with Gasteiger partial charge in [0, 0.05) is 37.8 Å². The molecule has 0 bridgehead atoms. The molecule has 5 nitrogen and oxygen atoms in total. The maximum atomic E-state index is 12.6. The highest BCUT2D eigenvalue weighted by atomic mass is 16.2. The molecule has 2 aromatic carbocycles. The van der Waals surface area contributed by atoms with Gasteiger partial charge in [-0.15, -0.1) is 0 Å². The van der Waals surface area contributed by atoms with Crippen molar-refractivity contribution in [2.24, 2.45) is 5.92 Å². The fourth-order valence-electron chi connectivity index (χ4n) is 3.39. The lowest BCUT2D eigenvalue weighted by Crippen LogP contribution is -2.37. The van der Waals surface area contributed by atoms with Crippen LogP contribution in [0.5, 0.6) is 0 Å². The topological polar surface area (TPSA) is 52.7 Å². The van der Waals surface area contributed by atoms with E-state index in [0.717, 1.165) is 38.2 Å². The Labute approximate surface area is 161 Å². The van der Waals surface area contributed by atoms with E-state index in [1.54, 1.807) is 38.4 Å². The first-order valence-electron chi connectivity index (χ1n) is 9.42. The zero-order valence-electron chi connectivity index (χ0n) is 16.0. The van der Waals surface area contributed by atoms with Gasteiger partial charge in [-0.2, -0.15) is 0 Å². The van der Waals surface area contributed by atoms with Gasteiger partial charge in [-0.1, -0.05) is 30.3 Å². The van der Waals surface area contributed by atoms with Crippen molar-refractivity contribution in [3.63, 3.8) is 0 Å². The summed E-state index contributed by atoms with van der Waals surface area (Å²) in [6.07, 6.45) is 1.74. The number of piperidine rings is 1. The molecular weight excluding hydrogens is 338 g/mol. The van der Waals surface area contributed by atoms with E-state index in [2.05, 4.69) is 34.5 Å². The third kappa shape index (κ3) is 5.17. The molecule has 2 amide bonds. The summed E-state index contributed by atoms with van der Waals surface area (Å²) in [6, 6.07) is 17.5. The molecular formula is C22H27N3O2. The molecule has 0 radical (unpaired) electrons. The van der Waals surface area contributed by atoms with Crippen LogP contribution in [0, 0.1) is 5.92 Å². The van der Waals surface area contributed by atoms with Crippen molar-refractivity contribution in [3.05, 3.63) is 65.7 Å². The lowest BCUT2D eigenvalue weighted by molar-refractivity contribution is -0.121. The zero-order chi connectivity index (χ0) is 19.2. The molecule has 2 aromatic rings. The summed E-state index contributed by atoms with van der Waals surface area (Å²) in [5.41, 5.74) is 2.67. The van der Waals surface area contributed by atoms with Crippen LogP contribution in [0.2, 0.25) is 0 Å². The molecule has 1 heterocycles. The Morgan fingerprint density at radius 1 is 1.00 bits per heavy atom. The molecule has 0 spiro atoms. The smallest absolute Gasteiger partial charge is 0.253 e. The van der Waals surface area contributed by atoms with Gasteiger partial charge in [0.15, 0.2) is 0 Å². The lowest BCUT2D eigenvalue weighted by Gasteiger charge is -2.31. The molecule has 0 unspecified atom stereocenters. The summed E-state index contributed by atoms with van der Waals surface area (Å²) >= 11 is 0. The summed E-state index contributed by atoms with van der Waals surface area (Å²) < 4.78 is 0. The van der Waals surface area contributed by atoms with Crippen molar-refractivity contribution in [1.82, 2.24) is 9.80 Å². The number of hydrogen-bond acceptors (Lipinski definition) is 3. The van der Waals surface area contributed by atoms with E-state index in [0.29, 0.717) is 5.56 Å². The molecule has 1 N–H and O–H groups in total. The molecule has 142 valence electrons. The summed E-state index contributed by atoms with van der Waals surface area (Å²) in [6.45, 7) is 2.81. The maximum Gasteiger partial charge on any atom is 0.253 e. The van der Waals surface area contributed by atoms with Gasteiger partial charge in [-0.3, -0.25) is 14.5 Å². The number of anilines is 1. The van der Waals surface area contributed by atoms with Crippen molar-refractivity contribution in [2.45, 2.75) is 19.4 Å². The monoisotopic (exact) mass is 365 g/mol. The van der Waals surface area contributed by atoms with Crippen molar-refractivity contribution < 1.29 is 9.59 Å². The highest BCUT2D eigenvalue weighted by Gasteiger charge is 2.25. The second-order valence-electron chi connectivity index (χ2n) is 7.30. The van der Waals surface area contributed by atoms with Gasteiger partial charge < -0.3 is 10.2 Å². The highest BCUT2D eigenvalue weighted by molar-refractivity contribution is 5.96. The number of benzene rings is 2. The zero-order valence-corrected chi connectivity index (χ0v) is 16.0. The second-order valence-corrected chi connectivity index (χ2v) is 7.30. The summed E-state index contributed by atoms with van der Waals surface area (Å²) in [4.78, 5) is 28.4. The Morgan fingerprint density at radius 2 is 1.63 bits per heavy atom. The lowest BCUT2D eigenvalue weighted by atomic mass is 9.95. The SMILES string of the molecule is CN(C)C(=O)c1ccc(NC(=O)C2CCN(Cc3ccccc3)CC2)cc1. The van der Waals surface area contributed by atoms with Gasteiger partial charge in [0.1, 0.15) is 0 Å². The standard InChI is InChI=1S/C22H27N3O2/c1-24(2)22(27)19-8-10-20(11-9-19)23-21(26)18-12-14-25(15-13-18)16-17-6-4-3-5-7-17/h3-11,18H,12-16H2,1-2H3,(H,23,26). The van der Waals surface area contributed by atoms with E-state index in [1.807, 2.05) is 6.07 Å². The van der Waals surface area contributed by atoms with E-state index in [4.69, 9.17) is 0 Å². The van der Waals surface area contributed by atoms with Crippen LogP contribution in [-0.2, 0) is 11.3 Å². The molecule has 5 heteroatoms. The summed E-state index contributed by atoms with van der Waals surface area (Å²) in [7, 11) is 3.45. The Balaban J connectivity index is 1.49. The average Bonchev–Trinajstić information content (AvgIpc) is 2.69. The van der Waals surface area contributed by atoms with Gasteiger partial charge >= 0.3 is 0 Å². The largest absolute Gasteiger partial charge is 0.345 e. The normalized spacial score (nSPS) is 15.3. The van der Waals surface area contributed by atoms with E-state index in [9.17, 15) is 9.59 Å². The van der Waals surface area contributed by atoms with E-state index >= 15 is 0 Å². The number of rotatable bonds is 5. The second kappa shape index (κ2) is 8.82. The minimum Gasteiger partial charge on any atom is -0.345 e. The van der Waals surface area contributed by atoms with Gasteiger partial charge in [0.25, 0.3) is 5.91 Å². The van der Waals surface area contributed by atoms with Crippen LogP contribution >= 0.6 is 0 Å². The van der Waals surface area contributed by atoms with Crippen molar-refractivity contribution in [2.75, 3.05) is 32.5 Å². The Hall–Kier alpha value is -2.66. The molecule has 3 rings (SSSR count). The predicted octanol–water partition coefficient (Wildman–Crippen LogP) is 3.24. The fourth-order valence-corrected chi connectivity index (χ4v) is 3.39. The van der Waals surface area contributed by atoms with Gasteiger partial charge in [-0.25, -0.2) is 0 Å². The van der Waals surface area contributed by atoms with Crippen LogP contribution in [0.1, 0.15) is 28.8 Å². The van der Waals surface area contributed by atoms with Crippen LogP contribution in [0.25, 0.3) is 0 Å². The van der Waals surface area contributed by atoms with E-state index in [-0.39, 0.29) is 17.7 Å². The third-order valence-electron chi connectivity index (χ3n) is 5.01. The van der Waals surface area contributed by atoms with E-state index < -0.39 is 0 Å². The van der Waals surface area contributed by atoms with Crippen molar-refractivity contribution in [3.8, 4) is 0 Å². The number of nitrogens with zero attached hydrogens (tertiary/aromatic N) is 2. The number of carbonyl (C=O) groups is 2. The fraction of sp³-hybridized carbons (Fsp3) is 0.364. The highest BCUT2D eigenvalue weighted by Crippen LogP contribution is 2.21. The molecule has 1 aliphatic rings. The van der Waals surface area contributed by atoms with Crippen LogP contribution in [0.15, 0.2) is 54.6 Å². The molecule has 1 saturated heterocycles. The number of hydrogen-bond donors (Lipinski definition) is 1. The van der Waals surface area contributed by atoms with Crippen LogP contribution in [-0.4, -0.2) is 48.8 Å². The van der Waals surface area contributed by atoms with Crippen LogP contribution in [0.4, 0.5) is 5.69 Å². The number of nitrogens with one attached hydrogen (secondary N) is 1. The van der Waals surface area contributed by atoms with Crippen LogP contribution in [0.3, 0.4) is 0 Å². The first-order chi connectivity index (χ1) is 13.0. The molecule has 0 aliphatic carbocycles. The maximum absolute atomic E-state index is 12.6. The average molecular weight is 365 g/mol. The van der Waals surface area contributed by atoms with E-state index in [1.165, 1.54) is 10.5 Å². The molecule has 0 saturated carbocycles.